The first-order valence-corrected chi connectivity index (χ1v) is 11.0. The second kappa shape index (κ2) is 8.33. The first-order valence-electron chi connectivity index (χ1n) is 9.53. The molecule has 1 aromatic heterocycles. The molecule has 0 saturated heterocycles. The number of sulfonamides is 1. The van der Waals surface area contributed by atoms with E-state index in [-0.39, 0.29) is 18.9 Å². The van der Waals surface area contributed by atoms with Gasteiger partial charge in [-0.25, -0.2) is 17.5 Å². The van der Waals surface area contributed by atoms with Crippen molar-refractivity contribution >= 4 is 21.6 Å². The maximum atomic E-state index is 13.7. The van der Waals surface area contributed by atoms with E-state index in [0.717, 1.165) is 34.9 Å². The predicted octanol–water partition coefficient (Wildman–Crippen LogP) is 3.15. The van der Waals surface area contributed by atoms with Crippen LogP contribution in [0.3, 0.4) is 0 Å². The summed E-state index contributed by atoms with van der Waals surface area (Å²) in [6, 6.07) is 15.0. The lowest BCUT2D eigenvalue weighted by molar-refractivity contribution is -0.118. The number of amides is 1. The molecule has 0 aliphatic carbocycles. The van der Waals surface area contributed by atoms with Gasteiger partial charge in [0, 0.05) is 37.6 Å². The van der Waals surface area contributed by atoms with Crippen LogP contribution in [-0.2, 0) is 21.2 Å². The van der Waals surface area contributed by atoms with Crippen molar-refractivity contribution in [1.29, 1.82) is 0 Å². The molecule has 1 N–H and O–H groups in total. The first kappa shape index (κ1) is 20.2. The lowest BCUT2D eigenvalue weighted by atomic mass is 10.0. The van der Waals surface area contributed by atoms with Crippen LogP contribution in [0.25, 0.3) is 11.1 Å². The minimum absolute atomic E-state index is 0.0147. The molecule has 30 heavy (non-hydrogen) atoms. The summed E-state index contributed by atoms with van der Waals surface area (Å²) in [4.78, 5) is 17.9. The minimum atomic E-state index is -4.01. The maximum absolute atomic E-state index is 13.7. The quantitative estimate of drug-likeness (QED) is 0.658. The Morgan fingerprint density at radius 3 is 2.60 bits per heavy atom. The fraction of sp³-hybridized carbons (Fsp3) is 0.182. The third kappa shape index (κ3) is 4.10. The highest BCUT2D eigenvalue weighted by atomic mass is 32.2. The summed E-state index contributed by atoms with van der Waals surface area (Å²) in [6.07, 6.45) is 4.20. The molecule has 2 heterocycles. The van der Waals surface area contributed by atoms with Gasteiger partial charge >= 0.3 is 0 Å². The molecule has 8 heteroatoms. The number of aromatic nitrogens is 1. The van der Waals surface area contributed by atoms with E-state index in [1.807, 2.05) is 24.3 Å². The lowest BCUT2D eigenvalue weighted by Gasteiger charge is -2.18. The molecule has 1 aliphatic heterocycles. The molecular formula is C22H20FN3O3S. The van der Waals surface area contributed by atoms with E-state index in [1.54, 1.807) is 17.3 Å². The van der Waals surface area contributed by atoms with E-state index >= 15 is 0 Å². The van der Waals surface area contributed by atoms with Gasteiger partial charge in [-0.2, -0.15) is 0 Å². The number of anilines is 1. The van der Waals surface area contributed by atoms with Gasteiger partial charge in [-0.3, -0.25) is 9.78 Å². The van der Waals surface area contributed by atoms with Crippen molar-refractivity contribution in [3.05, 3.63) is 78.4 Å². The molecule has 6 nitrogen and oxygen atoms in total. The number of pyridine rings is 1. The normalized spacial score (nSPS) is 13.3. The van der Waals surface area contributed by atoms with E-state index in [4.69, 9.17) is 0 Å². The minimum Gasteiger partial charge on any atom is -0.312 e. The molecule has 1 aliphatic rings. The molecule has 0 saturated carbocycles. The molecule has 154 valence electrons. The van der Waals surface area contributed by atoms with Crippen LogP contribution in [0, 0.1) is 5.82 Å². The van der Waals surface area contributed by atoms with E-state index in [0.29, 0.717) is 6.54 Å². The van der Waals surface area contributed by atoms with Gasteiger partial charge in [-0.1, -0.05) is 18.2 Å². The van der Waals surface area contributed by atoms with Crippen LogP contribution in [0.1, 0.15) is 12.0 Å². The van der Waals surface area contributed by atoms with Gasteiger partial charge in [-0.15, -0.1) is 0 Å². The highest BCUT2D eigenvalue weighted by molar-refractivity contribution is 7.89. The lowest BCUT2D eigenvalue weighted by Crippen LogP contribution is -2.33. The Morgan fingerprint density at radius 1 is 1.07 bits per heavy atom. The van der Waals surface area contributed by atoms with Crippen LogP contribution < -0.4 is 9.62 Å². The molecule has 0 spiro atoms. The molecule has 0 radical (unpaired) electrons. The van der Waals surface area contributed by atoms with Crippen LogP contribution in [0.2, 0.25) is 0 Å². The van der Waals surface area contributed by atoms with Crippen molar-refractivity contribution in [1.82, 2.24) is 9.71 Å². The number of hydrogen-bond donors (Lipinski definition) is 1. The van der Waals surface area contributed by atoms with E-state index in [1.165, 1.54) is 18.2 Å². The average molecular weight is 425 g/mol. The van der Waals surface area contributed by atoms with Crippen molar-refractivity contribution in [2.24, 2.45) is 0 Å². The van der Waals surface area contributed by atoms with Crippen molar-refractivity contribution in [3.8, 4) is 11.1 Å². The predicted molar refractivity (Wildman–Crippen MR) is 112 cm³/mol. The first-order chi connectivity index (χ1) is 14.5. The third-order valence-electron chi connectivity index (χ3n) is 5.05. The second-order valence-electron chi connectivity index (χ2n) is 6.95. The van der Waals surface area contributed by atoms with Crippen molar-refractivity contribution in [2.45, 2.75) is 17.7 Å². The van der Waals surface area contributed by atoms with Crippen LogP contribution in [0.5, 0.6) is 0 Å². The Morgan fingerprint density at radius 2 is 1.83 bits per heavy atom. The van der Waals surface area contributed by atoms with Crippen LogP contribution in [-0.4, -0.2) is 32.4 Å². The van der Waals surface area contributed by atoms with Gasteiger partial charge < -0.3 is 4.90 Å². The summed E-state index contributed by atoms with van der Waals surface area (Å²) in [5.41, 5.74) is 4.03. The Bertz CT molecular complexity index is 1180. The molecule has 0 unspecified atom stereocenters. The maximum Gasteiger partial charge on any atom is 0.243 e. The Kier molecular flexibility index (Phi) is 5.61. The number of nitrogens with zero attached hydrogens (tertiary/aromatic N) is 2. The Labute approximate surface area is 174 Å². The van der Waals surface area contributed by atoms with Crippen LogP contribution in [0.4, 0.5) is 10.1 Å². The van der Waals surface area contributed by atoms with E-state index in [9.17, 15) is 17.6 Å². The van der Waals surface area contributed by atoms with E-state index < -0.39 is 20.7 Å². The largest absolute Gasteiger partial charge is 0.312 e. The third-order valence-corrected chi connectivity index (χ3v) is 6.54. The fourth-order valence-corrected chi connectivity index (χ4v) is 4.66. The molecule has 0 bridgehead atoms. The summed E-state index contributed by atoms with van der Waals surface area (Å²) < 4.78 is 40.5. The summed E-state index contributed by atoms with van der Waals surface area (Å²) in [7, 11) is -4.01. The zero-order valence-electron chi connectivity index (χ0n) is 16.1. The number of nitrogens with one attached hydrogen (secondary N) is 1. The van der Waals surface area contributed by atoms with Crippen molar-refractivity contribution < 1.29 is 17.6 Å². The standard InChI is InChI=1S/C22H20FN3O3S/c23-19-3-1-2-4-21(19)30(28,29)25-13-9-22(27)26-14-10-18-15-17(5-6-20(18)26)16-7-11-24-12-8-16/h1-8,11-12,15,25H,9-10,13-14H2. The number of benzene rings is 2. The summed E-state index contributed by atoms with van der Waals surface area (Å²) in [6.45, 7) is 0.449. The Hall–Kier alpha value is -3.10. The number of carbonyl (C=O) groups excluding carboxylic acids is 1. The van der Waals surface area contributed by atoms with Gasteiger partial charge in [0.25, 0.3) is 0 Å². The van der Waals surface area contributed by atoms with Crippen molar-refractivity contribution in [2.75, 3.05) is 18.0 Å². The zero-order chi connectivity index (χ0) is 21.1. The molecule has 0 fully saturated rings. The zero-order valence-corrected chi connectivity index (χ0v) is 16.9. The number of hydrogen-bond acceptors (Lipinski definition) is 4. The smallest absolute Gasteiger partial charge is 0.243 e. The van der Waals surface area contributed by atoms with Gasteiger partial charge in [0.05, 0.1) is 0 Å². The van der Waals surface area contributed by atoms with Gasteiger partial charge in [0.15, 0.2) is 0 Å². The highest BCUT2D eigenvalue weighted by Crippen LogP contribution is 2.32. The second-order valence-corrected chi connectivity index (χ2v) is 8.69. The number of rotatable bonds is 6. The molecular weight excluding hydrogens is 405 g/mol. The monoisotopic (exact) mass is 425 g/mol. The average Bonchev–Trinajstić information content (AvgIpc) is 3.18. The molecule has 1 amide bonds. The highest BCUT2D eigenvalue weighted by Gasteiger charge is 2.25. The summed E-state index contributed by atoms with van der Waals surface area (Å²) in [5, 5.41) is 0. The number of halogens is 1. The SMILES string of the molecule is O=C(CCNS(=O)(=O)c1ccccc1F)N1CCc2cc(-c3ccncc3)ccc21. The van der Waals surface area contributed by atoms with Gasteiger partial charge in [0.1, 0.15) is 10.7 Å². The molecule has 3 aromatic rings. The summed E-state index contributed by atoms with van der Waals surface area (Å²) in [5.74, 6) is -1.00. The summed E-state index contributed by atoms with van der Waals surface area (Å²) >= 11 is 0. The van der Waals surface area contributed by atoms with Crippen LogP contribution >= 0.6 is 0 Å². The Balaban J connectivity index is 1.41. The van der Waals surface area contributed by atoms with Crippen LogP contribution in [0.15, 0.2) is 71.9 Å². The van der Waals surface area contributed by atoms with Gasteiger partial charge in [0.2, 0.25) is 15.9 Å². The molecule has 0 atom stereocenters. The molecule has 2 aromatic carbocycles. The topological polar surface area (TPSA) is 79.4 Å². The van der Waals surface area contributed by atoms with Gasteiger partial charge in [-0.05, 0) is 59.5 Å². The molecule has 4 rings (SSSR count). The number of fused-ring (bicyclic) bond motifs is 1. The fourth-order valence-electron chi connectivity index (χ4n) is 3.55. The van der Waals surface area contributed by atoms with Crippen molar-refractivity contribution in [3.63, 3.8) is 0 Å². The van der Waals surface area contributed by atoms with E-state index in [2.05, 4.69) is 15.8 Å². The number of carbonyl (C=O) groups is 1.